The molecule has 1 N–H and O–H groups in total. The Bertz CT molecular complexity index is 1240. The van der Waals surface area contributed by atoms with Gasteiger partial charge in [-0.25, -0.2) is 32.4 Å². The van der Waals surface area contributed by atoms with Crippen molar-refractivity contribution in [1.82, 2.24) is 9.55 Å². The van der Waals surface area contributed by atoms with Gasteiger partial charge in [-0.15, -0.1) is 0 Å². The summed E-state index contributed by atoms with van der Waals surface area (Å²) in [5, 5.41) is 0. The highest BCUT2D eigenvalue weighted by atomic mass is 31.2. The SMILES string of the molecule is CO[C@H]1O[C@H]2[C@@](C)(O1)[C@H](n1ccc(=O)[nH]c1=O)O[C@]2(F)COP(=O)(OCOC(=O)OC(C)C)OCOC(=O)OC(C)C. The summed E-state index contributed by atoms with van der Waals surface area (Å²) in [4.78, 5) is 49.3. The number of rotatable bonds is 13. The summed E-state index contributed by atoms with van der Waals surface area (Å²) in [6, 6.07) is 0.992. The van der Waals surface area contributed by atoms with Crippen LogP contribution in [0.3, 0.4) is 0 Å². The Kier molecular flexibility index (Phi) is 10.9. The van der Waals surface area contributed by atoms with E-state index >= 15 is 4.39 Å². The second kappa shape index (κ2) is 13.6. The number of carbonyl (C=O) groups is 2. The van der Waals surface area contributed by atoms with Gasteiger partial charge >= 0.3 is 25.8 Å². The highest BCUT2D eigenvalue weighted by Gasteiger charge is 2.71. The molecular weight excluding hydrogens is 598 g/mol. The lowest BCUT2D eigenvalue weighted by molar-refractivity contribution is -0.300. The van der Waals surface area contributed by atoms with Crippen LogP contribution in [0.4, 0.5) is 14.0 Å². The van der Waals surface area contributed by atoms with Crippen molar-refractivity contribution in [2.45, 2.75) is 77.1 Å². The molecule has 0 radical (unpaired) electrons. The second-order valence-electron chi connectivity index (χ2n) is 9.45. The smallest absolute Gasteiger partial charge is 0.432 e. The molecule has 2 saturated heterocycles. The maximum atomic E-state index is 16.4. The van der Waals surface area contributed by atoms with Gasteiger partial charge in [0, 0.05) is 19.4 Å². The van der Waals surface area contributed by atoms with Gasteiger partial charge in [-0.2, -0.15) is 0 Å². The Balaban J connectivity index is 1.80. The zero-order valence-electron chi connectivity index (χ0n) is 23.5. The Morgan fingerprint density at radius 2 is 1.62 bits per heavy atom. The highest BCUT2D eigenvalue weighted by Crippen LogP contribution is 2.56. The van der Waals surface area contributed by atoms with E-state index in [1.807, 2.05) is 4.98 Å². The number of hydrogen-bond acceptors (Lipinski definition) is 16. The molecule has 3 rings (SSSR count). The minimum absolute atomic E-state index is 0.551. The van der Waals surface area contributed by atoms with Crippen molar-refractivity contribution < 1.29 is 70.0 Å². The number of ether oxygens (including phenoxy) is 8. The standard InChI is InChI=1S/C22H32FN2O16P/c1-12(2)37-18(28)32-10-35-42(30,36-11-33-19(29)38-13(3)4)34-9-22(23)15-21(5,41-20(31-6)39-15)16(40-22)25-8-7-14(26)24-17(25)27/h7-8,12-13,15-16,20H,9-11H2,1-6H3,(H,24,26,27)/t15-,16+,20-,21+,22+/m0/s1. The number of phosphoric ester groups is 1. The van der Waals surface area contributed by atoms with Gasteiger partial charge < -0.3 is 37.9 Å². The van der Waals surface area contributed by atoms with E-state index in [4.69, 9.17) is 42.0 Å². The number of H-pyrrole nitrogens is 1. The van der Waals surface area contributed by atoms with Crippen molar-refractivity contribution in [3.8, 4) is 0 Å². The van der Waals surface area contributed by atoms with E-state index in [1.54, 1.807) is 27.7 Å². The number of aromatic nitrogens is 2. The largest absolute Gasteiger partial charge is 0.510 e. The van der Waals surface area contributed by atoms with Crippen molar-refractivity contribution >= 4 is 20.1 Å². The third-order valence-electron chi connectivity index (χ3n) is 5.46. The molecular formula is C22H32FN2O16P. The number of hydrogen-bond donors (Lipinski definition) is 1. The average molecular weight is 630 g/mol. The van der Waals surface area contributed by atoms with Gasteiger partial charge in [-0.3, -0.25) is 18.9 Å². The molecule has 3 heterocycles. The number of phosphoric acid groups is 1. The Hall–Kier alpha value is -2.90. The molecule has 0 bridgehead atoms. The molecule has 18 nitrogen and oxygen atoms in total. The number of alkyl halides is 1. The molecule has 1 aromatic rings. The van der Waals surface area contributed by atoms with Gasteiger partial charge in [-0.1, -0.05) is 0 Å². The number of carbonyl (C=O) groups excluding carboxylic acids is 2. The summed E-state index contributed by atoms with van der Waals surface area (Å²) in [6.45, 7) is 2.73. The average Bonchev–Trinajstić information content (AvgIpc) is 3.33. The van der Waals surface area contributed by atoms with E-state index in [0.717, 1.165) is 16.8 Å². The number of fused-ring (bicyclic) bond motifs is 1. The Morgan fingerprint density at radius 3 is 2.12 bits per heavy atom. The van der Waals surface area contributed by atoms with Crippen LogP contribution in [0.1, 0.15) is 40.8 Å². The second-order valence-corrected chi connectivity index (χ2v) is 11.1. The summed E-state index contributed by atoms with van der Waals surface area (Å²) < 4.78 is 86.0. The maximum absolute atomic E-state index is 16.4. The third kappa shape index (κ3) is 8.13. The van der Waals surface area contributed by atoms with Gasteiger partial charge in [0.05, 0.1) is 12.2 Å². The van der Waals surface area contributed by atoms with Gasteiger partial charge in [0.1, 0.15) is 12.2 Å². The van der Waals surface area contributed by atoms with Crippen LogP contribution < -0.4 is 11.2 Å². The number of aromatic amines is 1. The summed E-state index contributed by atoms with van der Waals surface area (Å²) >= 11 is 0. The van der Waals surface area contributed by atoms with Crippen molar-refractivity contribution in [1.29, 1.82) is 0 Å². The van der Waals surface area contributed by atoms with Crippen molar-refractivity contribution in [2.75, 3.05) is 27.3 Å². The zero-order valence-corrected chi connectivity index (χ0v) is 24.4. The molecule has 238 valence electrons. The zero-order chi connectivity index (χ0) is 31.3. The molecule has 0 spiro atoms. The van der Waals surface area contributed by atoms with Crippen LogP contribution in [0.15, 0.2) is 21.9 Å². The van der Waals surface area contributed by atoms with Crippen molar-refractivity contribution in [3.05, 3.63) is 33.1 Å². The number of halogens is 1. The van der Waals surface area contributed by atoms with E-state index in [9.17, 15) is 23.7 Å². The van der Waals surface area contributed by atoms with E-state index in [0.29, 0.717) is 0 Å². The minimum atomic E-state index is -4.91. The lowest BCUT2D eigenvalue weighted by Gasteiger charge is -2.27. The number of nitrogens with one attached hydrogen (secondary N) is 1. The molecule has 42 heavy (non-hydrogen) atoms. The summed E-state index contributed by atoms with van der Waals surface area (Å²) in [7, 11) is -3.71. The molecule has 2 aliphatic rings. The predicted octanol–water partition coefficient (Wildman–Crippen LogP) is 2.03. The van der Waals surface area contributed by atoms with Crippen LogP contribution in [0.2, 0.25) is 0 Å². The number of nitrogens with zero attached hydrogens (tertiary/aromatic N) is 1. The predicted molar refractivity (Wildman–Crippen MR) is 131 cm³/mol. The molecule has 1 aromatic heterocycles. The Morgan fingerprint density at radius 1 is 1.05 bits per heavy atom. The minimum Gasteiger partial charge on any atom is -0.432 e. The fraction of sp³-hybridized carbons (Fsp3) is 0.727. The third-order valence-corrected chi connectivity index (χ3v) is 6.75. The van der Waals surface area contributed by atoms with Crippen molar-refractivity contribution in [2.24, 2.45) is 0 Å². The highest BCUT2D eigenvalue weighted by molar-refractivity contribution is 7.48. The van der Waals surface area contributed by atoms with Crippen LogP contribution in [0.25, 0.3) is 0 Å². The first kappa shape index (κ1) is 33.6. The van der Waals surface area contributed by atoms with Gasteiger partial charge in [-0.05, 0) is 34.6 Å². The summed E-state index contributed by atoms with van der Waals surface area (Å²) in [5.74, 6) is -3.03. The summed E-state index contributed by atoms with van der Waals surface area (Å²) in [6.07, 6.45) is -5.69. The van der Waals surface area contributed by atoms with Crippen LogP contribution in [0, 0.1) is 0 Å². The first-order valence-electron chi connectivity index (χ1n) is 12.4. The lowest BCUT2D eigenvalue weighted by atomic mass is 9.95. The molecule has 0 aliphatic carbocycles. The topological polar surface area (TPSA) is 208 Å². The molecule has 0 saturated carbocycles. The van der Waals surface area contributed by atoms with Gasteiger partial charge in [0.25, 0.3) is 17.9 Å². The molecule has 0 unspecified atom stereocenters. The van der Waals surface area contributed by atoms with E-state index in [-0.39, 0.29) is 0 Å². The fourth-order valence-electron chi connectivity index (χ4n) is 3.79. The first-order chi connectivity index (χ1) is 19.6. The quantitative estimate of drug-likeness (QED) is 0.188. The van der Waals surface area contributed by atoms with E-state index in [2.05, 4.69) is 9.47 Å². The molecule has 2 aliphatic heterocycles. The van der Waals surface area contributed by atoms with Crippen LogP contribution >= 0.6 is 7.82 Å². The van der Waals surface area contributed by atoms with Crippen LogP contribution in [-0.2, 0) is 56.0 Å². The molecule has 0 aromatic carbocycles. The van der Waals surface area contributed by atoms with Crippen LogP contribution in [-0.4, -0.2) is 85.4 Å². The van der Waals surface area contributed by atoms with Crippen molar-refractivity contribution in [3.63, 3.8) is 0 Å². The molecule has 0 amide bonds. The van der Waals surface area contributed by atoms with Gasteiger partial charge in [0.15, 0.2) is 12.3 Å². The van der Waals surface area contributed by atoms with Crippen LogP contribution in [0.5, 0.6) is 0 Å². The Labute approximate surface area is 237 Å². The molecule has 5 atom stereocenters. The lowest BCUT2D eigenvalue weighted by Crippen LogP contribution is -2.48. The maximum Gasteiger partial charge on any atom is 0.510 e. The molecule has 2 fully saturated rings. The van der Waals surface area contributed by atoms with E-state index in [1.165, 1.54) is 14.0 Å². The fourth-order valence-corrected chi connectivity index (χ4v) is 4.71. The van der Waals surface area contributed by atoms with Gasteiger partial charge in [0.2, 0.25) is 13.6 Å². The normalized spacial score (nSPS) is 27.2. The molecule has 20 heteroatoms. The monoisotopic (exact) mass is 630 g/mol. The first-order valence-corrected chi connectivity index (χ1v) is 13.8. The van der Waals surface area contributed by atoms with E-state index < -0.39 is 94.0 Å². The number of methoxy groups -OCH3 is 1. The summed E-state index contributed by atoms with van der Waals surface area (Å²) in [5.41, 5.74) is -3.45.